The zero-order chi connectivity index (χ0) is 21.5. The molecule has 2 aliphatic rings. The van der Waals surface area contributed by atoms with Gasteiger partial charge in [-0.2, -0.15) is 0 Å². The number of carbonyl (C=O) groups is 1. The topological polar surface area (TPSA) is 20.3 Å². The summed E-state index contributed by atoms with van der Waals surface area (Å²) in [6.45, 7) is 12.9. The molecule has 4 rings (SSSR count). The fraction of sp³-hybridized carbons (Fsp3) is 0.536. The third kappa shape index (κ3) is 3.59. The Morgan fingerprint density at radius 1 is 0.967 bits per heavy atom. The van der Waals surface area contributed by atoms with Crippen molar-refractivity contribution in [2.75, 3.05) is 6.54 Å². The van der Waals surface area contributed by atoms with Gasteiger partial charge in [0.2, 0.25) is 5.91 Å². The lowest BCUT2D eigenvalue weighted by atomic mass is 9.74. The summed E-state index contributed by atoms with van der Waals surface area (Å²) in [5.74, 6) is 0.390. The lowest BCUT2D eigenvalue weighted by Crippen LogP contribution is -2.46. The number of aryl methyl sites for hydroxylation is 1. The van der Waals surface area contributed by atoms with Gasteiger partial charge in [0.1, 0.15) is 0 Å². The van der Waals surface area contributed by atoms with Crippen LogP contribution in [-0.4, -0.2) is 17.4 Å². The molecule has 0 bridgehead atoms. The standard InChI is InChI=1S/C28H37NO/c1-6-23-20(3)24-14-17-29(27(30)28(5)15-8-7-9-16-28)18-25(24)21(4)26(23)22-12-10-19(2)11-13-22/h10-13H,6-9,14-18H2,1-5H3. The first kappa shape index (κ1) is 21.2. The highest BCUT2D eigenvalue weighted by Crippen LogP contribution is 2.41. The Balaban J connectivity index is 1.75. The van der Waals surface area contributed by atoms with E-state index in [1.54, 1.807) is 0 Å². The van der Waals surface area contributed by atoms with Gasteiger partial charge >= 0.3 is 0 Å². The quantitative estimate of drug-likeness (QED) is 0.558. The van der Waals surface area contributed by atoms with Crippen LogP contribution in [0.2, 0.25) is 0 Å². The van der Waals surface area contributed by atoms with Crippen molar-refractivity contribution in [2.24, 2.45) is 5.41 Å². The van der Waals surface area contributed by atoms with Crippen LogP contribution >= 0.6 is 0 Å². The number of carbonyl (C=O) groups excluding carboxylic acids is 1. The molecule has 2 heteroatoms. The molecular weight excluding hydrogens is 366 g/mol. The first-order chi connectivity index (χ1) is 14.4. The Kier molecular flexibility index (Phi) is 5.79. The second kappa shape index (κ2) is 8.21. The average molecular weight is 404 g/mol. The van der Waals surface area contributed by atoms with E-state index in [9.17, 15) is 4.79 Å². The van der Waals surface area contributed by atoms with E-state index < -0.39 is 0 Å². The number of benzene rings is 2. The minimum atomic E-state index is -0.151. The summed E-state index contributed by atoms with van der Waals surface area (Å²) in [6, 6.07) is 8.94. The molecular formula is C28H37NO. The van der Waals surface area contributed by atoms with E-state index in [1.807, 2.05) is 0 Å². The van der Waals surface area contributed by atoms with Crippen LogP contribution in [0.3, 0.4) is 0 Å². The normalized spacial score (nSPS) is 18.2. The van der Waals surface area contributed by atoms with Gasteiger partial charge in [0.05, 0.1) is 0 Å². The minimum absolute atomic E-state index is 0.151. The second-order valence-corrected chi connectivity index (χ2v) is 9.88. The molecule has 0 N–H and O–H groups in total. The molecule has 0 spiro atoms. The lowest BCUT2D eigenvalue weighted by molar-refractivity contribution is -0.144. The molecule has 0 unspecified atom stereocenters. The summed E-state index contributed by atoms with van der Waals surface area (Å²) in [4.78, 5) is 15.7. The Morgan fingerprint density at radius 3 is 2.27 bits per heavy atom. The highest BCUT2D eigenvalue weighted by atomic mass is 16.2. The molecule has 0 saturated heterocycles. The molecule has 1 aliphatic carbocycles. The van der Waals surface area contributed by atoms with E-state index in [0.29, 0.717) is 5.91 Å². The maximum absolute atomic E-state index is 13.5. The van der Waals surface area contributed by atoms with Gasteiger partial charge in [0.25, 0.3) is 0 Å². The number of rotatable bonds is 3. The molecule has 1 fully saturated rings. The van der Waals surface area contributed by atoms with Crippen LogP contribution in [0.4, 0.5) is 0 Å². The Morgan fingerprint density at radius 2 is 1.63 bits per heavy atom. The molecule has 2 aromatic rings. The van der Waals surface area contributed by atoms with Crippen molar-refractivity contribution in [1.82, 2.24) is 4.90 Å². The molecule has 2 nitrogen and oxygen atoms in total. The molecule has 2 aromatic carbocycles. The zero-order valence-corrected chi connectivity index (χ0v) is 19.5. The van der Waals surface area contributed by atoms with Gasteiger partial charge in [0, 0.05) is 18.5 Å². The summed E-state index contributed by atoms with van der Waals surface area (Å²) in [6.07, 6.45) is 7.82. The monoisotopic (exact) mass is 403 g/mol. The fourth-order valence-corrected chi connectivity index (χ4v) is 5.92. The molecule has 1 heterocycles. The van der Waals surface area contributed by atoms with Crippen molar-refractivity contribution < 1.29 is 4.79 Å². The third-order valence-electron chi connectivity index (χ3n) is 7.83. The number of nitrogens with zero attached hydrogens (tertiary/aromatic N) is 1. The van der Waals surface area contributed by atoms with E-state index >= 15 is 0 Å². The summed E-state index contributed by atoms with van der Waals surface area (Å²) >= 11 is 0. The van der Waals surface area contributed by atoms with Crippen molar-refractivity contribution in [3.05, 3.63) is 57.6 Å². The smallest absolute Gasteiger partial charge is 0.228 e. The lowest BCUT2D eigenvalue weighted by Gasteiger charge is -2.40. The van der Waals surface area contributed by atoms with Crippen molar-refractivity contribution >= 4 is 5.91 Å². The van der Waals surface area contributed by atoms with E-state index in [0.717, 1.165) is 38.8 Å². The fourth-order valence-electron chi connectivity index (χ4n) is 5.92. The SMILES string of the molecule is CCc1c(C)c2c(c(C)c1-c1ccc(C)cc1)CN(C(=O)C1(C)CCCCC1)CC2. The Bertz CT molecular complexity index is 948. The summed E-state index contributed by atoms with van der Waals surface area (Å²) in [7, 11) is 0. The van der Waals surface area contributed by atoms with Crippen molar-refractivity contribution in [3.8, 4) is 11.1 Å². The molecule has 0 atom stereocenters. The highest BCUT2D eigenvalue weighted by molar-refractivity contribution is 5.83. The number of hydrogen-bond donors (Lipinski definition) is 0. The van der Waals surface area contributed by atoms with Gasteiger partial charge in [-0.25, -0.2) is 0 Å². The predicted molar refractivity (Wildman–Crippen MR) is 126 cm³/mol. The van der Waals surface area contributed by atoms with Crippen LogP contribution in [0.25, 0.3) is 11.1 Å². The van der Waals surface area contributed by atoms with Crippen LogP contribution in [0.5, 0.6) is 0 Å². The van der Waals surface area contributed by atoms with Crippen LogP contribution in [0, 0.1) is 26.2 Å². The van der Waals surface area contributed by atoms with E-state index in [2.05, 4.69) is 63.8 Å². The summed E-state index contributed by atoms with van der Waals surface area (Å²) in [5, 5.41) is 0. The maximum Gasteiger partial charge on any atom is 0.228 e. The van der Waals surface area contributed by atoms with Gasteiger partial charge in [0.15, 0.2) is 0 Å². The third-order valence-corrected chi connectivity index (χ3v) is 7.83. The first-order valence-electron chi connectivity index (χ1n) is 11.9. The van der Waals surface area contributed by atoms with Crippen LogP contribution in [-0.2, 0) is 24.2 Å². The van der Waals surface area contributed by atoms with E-state index in [1.165, 1.54) is 63.8 Å². The first-order valence-corrected chi connectivity index (χ1v) is 11.9. The number of fused-ring (bicyclic) bond motifs is 1. The van der Waals surface area contributed by atoms with Crippen molar-refractivity contribution in [1.29, 1.82) is 0 Å². The second-order valence-electron chi connectivity index (χ2n) is 9.88. The summed E-state index contributed by atoms with van der Waals surface area (Å²) < 4.78 is 0. The van der Waals surface area contributed by atoms with Crippen LogP contribution < -0.4 is 0 Å². The molecule has 0 aromatic heterocycles. The van der Waals surface area contributed by atoms with Gasteiger partial charge < -0.3 is 4.90 Å². The minimum Gasteiger partial charge on any atom is -0.338 e. The van der Waals surface area contributed by atoms with Gasteiger partial charge in [-0.05, 0) is 85.4 Å². The number of hydrogen-bond acceptors (Lipinski definition) is 1. The molecule has 1 amide bonds. The van der Waals surface area contributed by atoms with Crippen LogP contribution in [0.15, 0.2) is 24.3 Å². The summed E-state index contributed by atoms with van der Waals surface area (Å²) in [5.41, 5.74) is 11.1. The molecule has 30 heavy (non-hydrogen) atoms. The predicted octanol–water partition coefficient (Wildman–Crippen LogP) is 6.70. The Hall–Kier alpha value is -2.09. The average Bonchev–Trinajstić information content (AvgIpc) is 2.76. The maximum atomic E-state index is 13.5. The van der Waals surface area contributed by atoms with Gasteiger partial charge in [-0.1, -0.05) is 62.9 Å². The Labute approximate surface area is 182 Å². The van der Waals surface area contributed by atoms with Gasteiger partial charge in [-0.15, -0.1) is 0 Å². The molecule has 160 valence electrons. The molecule has 0 radical (unpaired) electrons. The van der Waals surface area contributed by atoms with Gasteiger partial charge in [-0.3, -0.25) is 4.79 Å². The zero-order valence-electron chi connectivity index (χ0n) is 19.5. The van der Waals surface area contributed by atoms with E-state index in [-0.39, 0.29) is 5.41 Å². The number of amides is 1. The van der Waals surface area contributed by atoms with E-state index in [4.69, 9.17) is 0 Å². The molecule has 1 saturated carbocycles. The van der Waals surface area contributed by atoms with Crippen LogP contribution in [0.1, 0.15) is 79.3 Å². The highest BCUT2D eigenvalue weighted by Gasteiger charge is 2.39. The van der Waals surface area contributed by atoms with Crippen molar-refractivity contribution in [2.45, 2.75) is 86.1 Å². The largest absolute Gasteiger partial charge is 0.338 e. The van der Waals surface area contributed by atoms with Crippen molar-refractivity contribution in [3.63, 3.8) is 0 Å². The molecule has 1 aliphatic heterocycles.